The average Bonchev–Trinajstić information content (AvgIpc) is 2.62. The highest BCUT2D eigenvalue weighted by Crippen LogP contribution is 2.31. The van der Waals surface area contributed by atoms with E-state index in [1.807, 2.05) is 0 Å². The van der Waals surface area contributed by atoms with Crippen molar-refractivity contribution in [2.75, 3.05) is 20.8 Å². The van der Waals surface area contributed by atoms with Crippen LogP contribution in [0.15, 0.2) is 36.4 Å². The zero-order chi connectivity index (χ0) is 19.3. The minimum absolute atomic E-state index is 0.0419. The van der Waals surface area contributed by atoms with Crippen LogP contribution >= 0.6 is 11.6 Å². The summed E-state index contributed by atoms with van der Waals surface area (Å²) in [5.41, 5.74) is -0.00214. The average molecular weight is 383 g/mol. The number of hydrogen-bond donors (Lipinski definition) is 0. The van der Waals surface area contributed by atoms with Crippen LogP contribution in [0, 0.1) is 15.9 Å². The van der Waals surface area contributed by atoms with E-state index in [1.165, 1.54) is 55.5 Å². The van der Waals surface area contributed by atoms with E-state index >= 15 is 0 Å². The van der Waals surface area contributed by atoms with E-state index in [1.54, 1.807) is 0 Å². The van der Waals surface area contributed by atoms with E-state index in [0.29, 0.717) is 0 Å². The van der Waals surface area contributed by atoms with Gasteiger partial charge in [-0.05, 0) is 18.2 Å². The molecular formula is C17H16ClFN2O5. The van der Waals surface area contributed by atoms with Crippen molar-refractivity contribution in [1.29, 1.82) is 0 Å². The molecule has 0 spiro atoms. The third-order valence-electron chi connectivity index (χ3n) is 3.59. The van der Waals surface area contributed by atoms with Crippen molar-refractivity contribution in [1.82, 2.24) is 4.90 Å². The normalized spacial score (nSPS) is 10.3. The molecule has 0 bridgehead atoms. The minimum Gasteiger partial charge on any atom is -0.493 e. The van der Waals surface area contributed by atoms with Crippen molar-refractivity contribution < 1.29 is 23.6 Å². The van der Waals surface area contributed by atoms with Crippen LogP contribution in [0.4, 0.5) is 10.1 Å². The van der Waals surface area contributed by atoms with Gasteiger partial charge in [-0.1, -0.05) is 17.7 Å². The van der Waals surface area contributed by atoms with Crippen LogP contribution in [0.1, 0.15) is 5.56 Å². The summed E-state index contributed by atoms with van der Waals surface area (Å²) in [6, 6.07) is 8.06. The van der Waals surface area contributed by atoms with E-state index in [9.17, 15) is 19.3 Å². The Morgan fingerprint density at radius 2 is 2.04 bits per heavy atom. The molecule has 0 N–H and O–H groups in total. The van der Waals surface area contributed by atoms with Crippen molar-refractivity contribution in [2.24, 2.45) is 0 Å². The van der Waals surface area contributed by atoms with Gasteiger partial charge in [-0.2, -0.15) is 0 Å². The molecule has 0 fully saturated rings. The Hall–Kier alpha value is -2.87. The number of amides is 1. The van der Waals surface area contributed by atoms with Crippen LogP contribution in [-0.2, 0) is 11.3 Å². The summed E-state index contributed by atoms with van der Waals surface area (Å²) in [6.07, 6.45) is 0. The molecule has 0 radical (unpaired) electrons. The van der Waals surface area contributed by atoms with E-state index in [4.69, 9.17) is 21.1 Å². The van der Waals surface area contributed by atoms with Crippen molar-refractivity contribution in [3.63, 3.8) is 0 Å². The van der Waals surface area contributed by atoms with Crippen LogP contribution in [0.3, 0.4) is 0 Å². The summed E-state index contributed by atoms with van der Waals surface area (Å²) >= 11 is 5.95. The van der Waals surface area contributed by atoms with Gasteiger partial charge in [0.2, 0.25) is 0 Å². The maximum atomic E-state index is 13.8. The Morgan fingerprint density at radius 3 is 2.65 bits per heavy atom. The predicted octanol–water partition coefficient (Wildman–Crippen LogP) is 3.43. The monoisotopic (exact) mass is 382 g/mol. The highest BCUT2D eigenvalue weighted by molar-refractivity contribution is 6.31. The second-order valence-electron chi connectivity index (χ2n) is 5.33. The number of carbonyl (C=O) groups is 1. The molecule has 0 heterocycles. The molecule has 0 aliphatic rings. The van der Waals surface area contributed by atoms with Crippen molar-refractivity contribution in [3.8, 4) is 11.5 Å². The van der Waals surface area contributed by atoms with Crippen molar-refractivity contribution in [3.05, 3.63) is 62.9 Å². The first-order valence-electron chi connectivity index (χ1n) is 7.45. The molecule has 0 saturated heterocycles. The Morgan fingerprint density at radius 1 is 1.31 bits per heavy atom. The van der Waals surface area contributed by atoms with Crippen LogP contribution < -0.4 is 9.47 Å². The third-order valence-corrected chi connectivity index (χ3v) is 3.95. The number of nitro benzene ring substituents is 1. The number of rotatable bonds is 7. The first-order chi connectivity index (χ1) is 12.3. The van der Waals surface area contributed by atoms with Crippen molar-refractivity contribution >= 4 is 23.2 Å². The highest BCUT2D eigenvalue weighted by Gasteiger charge is 2.17. The molecular weight excluding hydrogens is 367 g/mol. The van der Waals surface area contributed by atoms with Gasteiger partial charge >= 0.3 is 0 Å². The Labute approximate surface area is 154 Å². The van der Waals surface area contributed by atoms with Crippen LogP contribution in [0.5, 0.6) is 11.5 Å². The third kappa shape index (κ3) is 4.60. The zero-order valence-corrected chi connectivity index (χ0v) is 14.8. The van der Waals surface area contributed by atoms with E-state index in [-0.39, 0.29) is 34.3 Å². The van der Waals surface area contributed by atoms with Gasteiger partial charge in [-0.3, -0.25) is 14.9 Å². The number of carbonyl (C=O) groups excluding carboxylic acids is 1. The summed E-state index contributed by atoms with van der Waals surface area (Å²) in [4.78, 5) is 23.7. The molecule has 26 heavy (non-hydrogen) atoms. The quantitative estimate of drug-likeness (QED) is 0.541. The molecule has 0 atom stereocenters. The lowest BCUT2D eigenvalue weighted by Gasteiger charge is -2.19. The lowest BCUT2D eigenvalue weighted by Crippen LogP contribution is -2.31. The molecule has 2 aromatic carbocycles. The summed E-state index contributed by atoms with van der Waals surface area (Å²) in [5, 5.41) is 11.1. The number of nitrogens with zero attached hydrogens (tertiary/aromatic N) is 2. The Bertz CT molecular complexity index is 811. The Kier molecular flexibility index (Phi) is 6.35. The lowest BCUT2D eigenvalue weighted by atomic mass is 10.2. The SMILES string of the molecule is COc1ccc([N+](=O)[O-])cc1OCC(=O)N(C)Cc1c(F)cccc1Cl. The van der Waals surface area contributed by atoms with Gasteiger partial charge in [0.1, 0.15) is 5.82 Å². The van der Waals surface area contributed by atoms with Gasteiger partial charge in [0.15, 0.2) is 18.1 Å². The maximum Gasteiger partial charge on any atom is 0.273 e. The number of benzene rings is 2. The second-order valence-corrected chi connectivity index (χ2v) is 5.74. The first kappa shape index (κ1) is 19.5. The fourth-order valence-corrected chi connectivity index (χ4v) is 2.37. The summed E-state index contributed by atoms with van der Waals surface area (Å²) in [7, 11) is 2.85. The van der Waals surface area contributed by atoms with Crippen LogP contribution in [-0.4, -0.2) is 36.5 Å². The van der Waals surface area contributed by atoms with Gasteiger partial charge in [-0.25, -0.2) is 4.39 Å². The number of methoxy groups -OCH3 is 1. The smallest absolute Gasteiger partial charge is 0.273 e. The first-order valence-corrected chi connectivity index (χ1v) is 7.83. The number of halogens is 2. The van der Waals surface area contributed by atoms with Crippen LogP contribution in [0.2, 0.25) is 5.02 Å². The molecule has 0 aliphatic carbocycles. The molecule has 0 aliphatic heterocycles. The van der Waals surface area contributed by atoms with Gasteiger partial charge in [-0.15, -0.1) is 0 Å². The Balaban J connectivity index is 2.06. The van der Waals surface area contributed by atoms with Crippen LogP contribution in [0.25, 0.3) is 0 Å². The van der Waals surface area contributed by atoms with Gasteiger partial charge in [0.25, 0.3) is 11.6 Å². The molecule has 0 saturated carbocycles. The molecule has 9 heteroatoms. The number of hydrogen-bond acceptors (Lipinski definition) is 5. The summed E-state index contributed by atoms with van der Waals surface area (Å²) in [5.74, 6) is -0.660. The lowest BCUT2D eigenvalue weighted by molar-refractivity contribution is -0.385. The van der Waals surface area contributed by atoms with Gasteiger partial charge < -0.3 is 14.4 Å². The van der Waals surface area contributed by atoms with E-state index in [2.05, 4.69) is 0 Å². The molecule has 138 valence electrons. The van der Waals surface area contributed by atoms with Crippen molar-refractivity contribution in [2.45, 2.75) is 6.54 Å². The molecule has 0 aromatic heterocycles. The summed E-state index contributed by atoms with van der Waals surface area (Å²) < 4.78 is 24.2. The number of non-ortho nitro benzene ring substituents is 1. The van der Waals surface area contributed by atoms with Gasteiger partial charge in [0, 0.05) is 30.2 Å². The fourth-order valence-electron chi connectivity index (χ4n) is 2.15. The highest BCUT2D eigenvalue weighted by atomic mass is 35.5. The zero-order valence-electron chi connectivity index (χ0n) is 14.1. The number of ether oxygens (including phenoxy) is 2. The fraction of sp³-hybridized carbons (Fsp3) is 0.235. The van der Waals surface area contributed by atoms with E-state index in [0.717, 1.165) is 0 Å². The molecule has 2 aromatic rings. The molecule has 0 unspecified atom stereocenters. The van der Waals surface area contributed by atoms with E-state index < -0.39 is 23.3 Å². The number of nitro groups is 1. The minimum atomic E-state index is -0.583. The predicted molar refractivity (Wildman–Crippen MR) is 93.0 cm³/mol. The molecule has 1 amide bonds. The second kappa shape index (κ2) is 8.48. The topological polar surface area (TPSA) is 81.9 Å². The summed E-state index contributed by atoms with van der Waals surface area (Å²) in [6.45, 7) is -0.445. The maximum absolute atomic E-state index is 13.8. The largest absolute Gasteiger partial charge is 0.493 e. The standard InChI is InChI=1S/C17H16ClFN2O5/c1-20(9-12-13(18)4-3-5-14(12)19)17(22)10-26-16-8-11(21(23)24)6-7-15(16)25-2/h3-8H,9-10H2,1-2H3. The molecule has 7 nitrogen and oxygen atoms in total. The number of likely N-dealkylation sites (N-methyl/N-ethyl adjacent to an activating group) is 1. The van der Waals surface area contributed by atoms with Gasteiger partial charge in [0.05, 0.1) is 18.1 Å². The molecule has 2 rings (SSSR count).